The summed E-state index contributed by atoms with van der Waals surface area (Å²) in [6.45, 7) is 3.65. The van der Waals surface area contributed by atoms with Crippen LogP contribution in [0.25, 0.3) is 0 Å². The fourth-order valence-corrected chi connectivity index (χ4v) is 3.04. The van der Waals surface area contributed by atoms with Crippen molar-refractivity contribution in [1.29, 1.82) is 0 Å². The first-order valence-electron chi connectivity index (χ1n) is 8.55. The van der Waals surface area contributed by atoms with Gasteiger partial charge in [0.05, 0.1) is 12.7 Å². The largest absolute Gasteiger partial charge is 0.491 e. The molecule has 1 saturated heterocycles. The van der Waals surface area contributed by atoms with Gasteiger partial charge in [0, 0.05) is 19.6 Å². The van der Waals surface area contributed by atoms with Crippen LogP contribution in [0.4, 0.5) is 0 Å². The molecule has 1 N–H and O–H groups in total. The van der Waals surface area contributed by atoms with Crippen LogP contribution in [0.5, 0.6) is 5.75 Å². The molecular formula is C20H23NO4. The molecule has 1 fully saturated rings. The first kappa shape index (κ1) is 17.5. The first-order chi connectivity index (χ1) is 12.2. The van der Waals surface area contributed by atoms with Crippen LogP contribution in [-0.4, -0.2) is 54.9 Å². The molecule has 1 aliphatic rings. The maximum Gasteiger partial charge on any atom is 0.339 e. The Morgan fingerprint density at radius 3 is 2.72 bits per heavy atom. The van der Waals surface area contributed by atoms with Crippen molar-refractivity contribution in [3.8, 4) is 5.75 Å². The molecule has 0 aromatic heterocycles. The van der Waals surface area contributed by atoms with E-state index in [2.05, 4.69) is 17.0 Å². The van der Waals surface area contributed by atoms with Crippen LogP contribution in [0.1, 0.15) is 15.9 Å². The number of morpholine rings is 1. The molecule has 2 aromatic rings. The lowest BCUT2D eigenvalue weighted by Gasteiger charge is -2.33. The Bertz CT molecular complexity index is 689. The maximum absolute atomic E-state index is 11.2. The van der Waals surface area contributed by atoms with E-state index in [-0.39, 0.29) is 11.7 Å². The molecule has 0 saturated carbocycles. The quantitative estimate of drug-likeness (QED) is 0.839. The molecule has 1 atom stereocenters. The van der Waals surface area contributed by atoms with E-state index in [0.717, 1.165) is 26.1 Å². The Morgan fingerprint density at radius 1 is 1.16 bits per heavy atom. The van der Waals surface area contributed by atoms with Gasteiger partial charge in [-0.3, -0.25) is 4.90 Å². The molecule has 0 bridgehead atoms. The van der Waals surface area contributed by atoms with E-state index in [9.17, 15) is 9.90 Å². The van der Waals surface area contributed by atoms with Gasteiger partial charge in [-0.05, 0) is 24.1 Å². The van der Waals surface area contributed by atoms with Gasteiger partial charge in [-0.15, -0.1) is 0 Å². The zero-order valence-electron chi connectivity index (χ0n) is 14.1. The zero-order valence-corrected chi connectivity index (χ0v) is 14.1. The number of hydrogen-bond donors (Lipinski definition) is 1. The van der Waals surface area contributed by atoms with E-state index in [4.69, 9.17) is 9.47 Å². The van der Waals surface area contributed by atoms with Crippen molar-refractivity contribution >= 4 is 5.97 Å². The monoisotopic (exact) mass is 341 g/mol. The molecule has 5 nitrogen and oxygen atoms in total. The van der Waals surface area contributed by atoms with Gasteiger partial charge in [-0.2, -0.15) is 0 Å². The number of rotatable bonds is 7. The number of para-hydroxylation sites is 1. The number of carbonyl (C=O) groups is 1. The van der Waals surface area contributed by atoms with Gasteiger partial charge < -0.3 is 14.6 Å². The summed E-state index contributed by atoms with van der Waals surface area (Å²) in [4.78, 5) is 13.5. The molecule has 0 aliphatic carbocycles. The third-order valence-corrected chi connectivity index (χ3v) is 4.31. The molecule has 0 spiro atoms. The molecule has 2 aromatic carbocycles. The van der Waals surface area contributed by atoms with Crippen LogP contribution < -0.4 is 4.74 Å². The summed E-state index contributed by atoms with van der Waals surface area (Å²) in [6.07, 6.45) is 1.09. The van der Waals surface area contributed by atoms with Crippen LogP contribution in [0.3, 0.4) is 0 Å². The molecule has 0 amide bonds. The third-order valence-electron chi connectivity index (χ3n) is 4.31. The predicted octanol–water partition coefficient (Wildman–Crippen LogP) is 2.71. The summed E-state index contributed by atoms with van der Waals surface area (Å²) in [5, 5.41) is 9.18. The molecule has 3 rings (SSSR count). The van der Waals surface area contributed by atoms with Gasteiger partial charge in [0.1, 0.15) is 17.9 Å². The molecule has 25 heavy (non-hydrogen) atoms. The summed E-state index contributed by atoms with van der Waals surface area (Å²) in [5.74, 6) is -0.547. The van der Waals surface area contributed by atoms with Crippen LogP contribution in [0.2, 0.25) is 0 Å². The second kappa shape index (κ2) is 8.65. The van der Waals surface area contributed by atoms with Crippen molar-refractivity contribution in [3.63, 3.8) is 0 Å². The average molecular weight is 341 g/mol. The standard InChI is InChI=1S/C20H23NO4/c22-20(23)18-8-4-5-9-19(18)25-13-11-21-10-12-24-17(15-21)14-16-6-2-1-3-7-16/h1-9,17H,10-15H2,(H,22,23)/t17-/m0/s1. The van der Waals surface area contributed by atoms with Gasteiger partial charge in [-0.1, -0.05) is 42.5 Å². The van der Waals surface area contributed by atoms with Crippen molar-refractivity contribution in [2.75, 3.05) is 32.8 Å². The number of carboxylic acid groups (broad SMARTS) is 1. The molecule has 0 unspecified atom stereocenters. The molecule has 1 aliphatic heterocycles. The minimum Gasteiger partial charge on any atom is -0.491 e. The first-order valence-corrected chi connectivity index (χ1v) is 8.55. The Labute approximate surface area is 147 Å². The molecule has 5 heteroatoms. The normalized spacial score (nSPS) is 18.0. The van der Waals surface area contributed by atoms with E-state index in [1.807, 2.05) is 18.2 Å². The second-order valence-corrected chi connectivity index (χ2v) is 6.13. The summed E-state index contributed by atoms with van der Waals surface area (Å²) >= 11 is 0. The minimum atomic E-state index is -0.968. The van der Waals surface area contributed by atoms with Crippen molar-refractivity contribution in [3.05, 3.63) is 65.7 Å². The van der Waals surface area contributed by atoms with Gasteiger partial charge in [0.25, 0.3) is 0 Å². The lowest BCUT2D eigenvalue weighted by atomic mass is 10.1. The summed E-state index contributed by atoms with van der Waals surface area (Å²) in [7, 11) is 0. The Morgan fingerprint density at radius 2 is 1.92 bits per heavy atom. The molecule has 1 heterocycles. The molecule has 0 radical (unpaired) electrons. The van der Waals surface area contributed by atoms with Crippen molar-refractivity contribution < 1.29 is 19.4 Å². The van der Waals surface area contributed by atoms with Crippen LogP contribution in [0, 0.1) is 0 Å². The molecular weight excluding hydrogens is 318 g/mol. The van der Waals surface area contributed by atoms with Crippen molar-refractivity contribution in [2.24, 2.45) is 0 Å². The third kappa shape index (κ3) is 5.05. The Hall–Kier alpha value is -2.37. The van der Waals surface area contributed by atoms with E-state index in [0.29, 0.717) is 19.0 Å². The van der Waals surface area contributed by atoms with Gasteiger partial charge in [-0.25, -0.2) is 4.79 Å². The summed E-state index contributed by atoms with van der Waals surface area (Å²) < 4.78 is 11.6. The van der Waals surface area contributed by atoms with Gasteiger partial charge in [0.15, 0.2) is 0 Å². The van der Waals surface area contributed by atoms with Gasteiger partial charge >= 0.3 is 5.97 Å². The SMILES string of the molecule is O=C(O)c1ccccc1OCCN1CCO[C@@H](Cc2ccccc2)C1. The van der Waals surface area contributed by atoms with E-state index >= 15 is 0 Å². The van der Waals surface area contributed by atoms with Crippen molar-refractivity contribution in [2.45, 2.75) is 12.5 Å². The van der Waals surface area contributed by atoms with Crippen LogP contribution in [0.15, 0.2) is 54.6 Å². The van der Waals surface area contributed by atoms with Gasteiger partial charge in [0.2, 0.25) is 0 Å². The topological polar surface area (TPSA) is 59.0 Å². The summed E-state index contributed by atoms with van der Waals surface area (Å²) in [5.41, 5.74) is 1.48. The van der Waals surface area contributed by atoms with Crippen LogP contribution >= 0.6 is 0 Å². The highest BCUT2D eigenvalue weighted by Gasteiger charge is 2.20. The Kier molecular flexibility index (Phi) is 6.04. The van der Waals surface area contributed by atoms with Crippen LogP contribution in [-0.2, 0) is 11.2 Å². The Balaban J connectivity index is 1.48. The smallest absolute Gasteiger partial charge is 0.339 e. The fourth-order valence-electron chi connectivity index (χ4n) is 3.04. The molecule has 132 valence electrons. The number of hydrogen-bond acceptors (Lipinski definition) is 4. The van der Waals surface area contributed by atoms with Crippen molar-refractivity contribution in [1.82, 2.24) is 4.90 Å². The number of nitrogens with zero attached hydrogens (tertiary/aromatic N) is 1. The van der Waals surface area contributed by atoms with E-state index in [1.165, 1.54) is 5.56 Å². The minimum absolute atomic E-state index is 0.183. The second-order valence-electron chi connectivity index (χ2n) is 6.13. The maximum atomic E-state index is 11.2. The highest BCUT2D eigenvalue weighted by molar-refractivity contribution is 5.90. The number of benzene rings is 2. The van der Waals surface area contributed by atoms with E-state index < -0.39 is 5.97 Å². The van der Waals surface area contributed by atoms with E-state index in [1.54, 1.807) is 24.3 Å². The lowest BCUT2D eigenvalue weighted by Crippen LogP contribution is -2.44. The number of ether oxygens (including phenoxy) is 2. The number of carboxylic acids is 1. The number of aromatic carboxylic acids is 1. The zero-order chi connectivity index (χ0) is 17.5. The lowest BCUT2D eigenvalue weighted by molar-refractivity contribution is -0.0305. The highest BCUT2D eigenvalue weighted by Crippen LogP contribution is 2.18. The fraction of sp³-hybridized carbons (Fsp3) is 0.350. The highest BCUT2D eigenvalue weighted by atomic mass is 16.5. The predicted molar refractivity (Wildman–Crippen MR) is 95.2 cm³/mol. The summed E-state index contributed by atoms with van der Waals surface area (Å²) in [6, 6.07) is 17.1. The average Bonchev–Trinajstić information content (AvgIpc) is 2.63.